The number of fused-ring (bicyclic) bond motifs is 1. The number of hydrogen-bond donors (Lipinski definition) is 1. The van der Waals surface area contributed by atoms with Gasteiger partial charge in [-0.15, -0.1) is 0 Å². The van der Waals surface area contributed by atoms with Crippen LogP contribution in [0.1, 0.15) is 44.2 Å². The Morgan fingerprint density at radius 3 is 2.29 bits per heavy atom. The zero-order valence-electron chi connectivity index (χ0n) is 18.3. The van der Waals surface area contributed by atoms with Gasteiger partial charge in [-0.1, -0.05) is 60.1 Å². The van der Waals surface area contributed by atoms with Gasteiger partial charge in [-0.25, -0.2) is 0 Å². The molecule has 0 bridgehead atoms. The molecule has 1 N–H and O–H groups in total. The van der Waals surface area contributed by atoms with Crippen LogP contribution in [0.5, 0.6) is 0 Å². The number of rotatable bonds is 6. The van der Waals surface area contributed by atoms with Crippen molar-refractivity contribution in [3.63, 3.8) is 0 Å². The van der Waals surface area contributed by atoms with Crippen LogP contribution in [0, 0.1) is 11.3 Å². The third kappa shape index (κ3) is 5.07. The number of carbonyl (C=O) groups excluding carboxylic acids is 1. The van der Waals surface area contributed by atoms with Crippen molar-refractivity contribution < 1.29 is 9.53 Å². The van der Waals surface area contributed by atoms with E-state index >= 15 is 0 Å². The van der Waals surface area contributed by atoms with E-state index in [4.69, 9.17) is 16.3 Å². The van der Waals surface area contributed by atoms with E-state index in [-0.39, 0.29) is 12.4 Å². The minimum absolute atomic E-state index is 0.0418. The van der Waals surface area contributed by atoms with Gasteiger partial charge in [0.2, 0.25) is 0 Å². The molecule has 0 amide bonds. The number of nitrogens with one attached hydrogen (secondary N) is 1. The summed E-state index contributed by atoms with van der Waals surface area (Å²) in [6, 6.07) is 23.7. The molecule has 0 aliphatic rings. The molecule has 0 fully saturated rings. The zero-order chi connectivity index (χ0) is 22.6. The summed E-state index contributed by atoms with van der Waals surface area (Å²) < 4.78 is 5.60. The first-order chi connectivity index (χ1) is 14.7. The van der Waals surface area contributed by atoms with Gasteiger partial charge in [0.05, 0.1) is 12.5 Å². The zero-order valence-corrected chi connectivity index (χ0v) is 19.0. The van der Waals surface area contributed by atoms with Crippen molar-refractivity contribution in [3.8, 4) is 6.07 Å². The predicted octanol–water partition coefficient (Wildman–Crippen LogP) is 5.95. The summed E-state index contributed by atoms with van der Waals surface area (Å²) in [5.74, 6) is -0.848. The standard InChI is InChI=1S/C26H27ClN2O2/c1-25(2,3)31-24(30)16-23(19-10-13-22(27)14-11-19)26(17-28,29-4)21-12-9-18-7-5-6-8-20(18)15-21/h5-15,23,29H,16H2,1-4H3/t23-,26-/m0/s1. The third-order valence-corrected chi connectivity index (χ3v) is 5.61. The summed E-state index contributed by atoms with van der Waals surface area (Å²) in [6.45, 7) is 5.50. The number of hydrogen-bond acceptors (Lipinski definition) is 4. The molecule has 5 heteroatoms. The first kappa shape index (κ1) is 22.8. The number of nitrogens with zero attached hydrogens (tertiary/aromatic N) is 1. The van der Waals surface area contributed by atoms with E-state index < -0.39 is 17.1 Å². The summed E-state index contributed by atoms with van der Waals surface area (Å²) in [6.07, 6.45) is 0.0418. The minimum Gasteiger partial charge on any atom is -0.460 e. The second-order valence-electron chi connectivity index (χ2n) is 8.63. The maximum Gasteiger partial charge on any atom is 0.307 e. The van der Waals surface area contributed by atoms with Crippen LogP contribution in [0.15, 0.2) is 66.7 Å². The average Bonchev–Trinajstić information content (AvgIpc) is 2.73. The highest BCUT2D eigenvalue weighted by Gasteiger charge is 2.42. The van der Waals surface area contributed by atoms with Crippen LogP contribution in [0.2, 0.25) is 5.02 Å². The van der Waals surface area contributed by atoms with Crippen LogP contribution in [-0.4, -0.2) is 18.6 Å². The second-order valence-corrected chi connectivity index (χ2v) is 9.06. The molecule has 0 aliphatic carbocycles. The van der Waals surface area contributed by atoms with Gasteiger partial charge in [-0.3, -0.25) is 10.1 Å². The fraction of sp³-hybridized carbons (Fsp3) is 0.308. The molecule has 0 saturated carbocycles. The topological polar surface area (TPSA) is 62.1 Å². The lowest BCUT2D eigenvalue weighted by atomic mass is 9.73. The lowest BCUT2D eigenvalue weighted by molar-refractivity contribution is -0.155. The van der Waals surface area contributed by atoms with Gasteiger partial charge in [-0.2, -0.15) is 5.26 Å². The van der Waals surface area contributed by atoms with E-state index in [1.54, 1.807) is 19.2 Å². The van der Waals surface area contributed by atoms with Crippen molar-refractivity contribution in [3.05, 3.63) is 82.9 Å². The van der Waals surface area contributed by atoms with Gasteiger partial charge in [0.15, 0.2) is 0 Å². The van der Waals surface area contributed by atoms with E-state index in [1.807, 2.05) is 75.4 Å². The predicted molar refractivity (Wildman–Crippen MR) is 125 cm³/mol. The van der Waals surface area contributed by atoms with E-state index in [2.05, 4.69) is 11.4 Å². The van der Waals surface area contributed by atoms with E-state index in [1.165, 1.54) is 0 Å². The lowest BCUT2D eigenvalue weighted by Gasteiger charge is -2.36. The van der Waals surface area contributed by atoms with Gasteiger partial charge >= 0.3 is 5.97 Å². The molecule has 31 heavy (non-hydrogen) atoms. The molecule has 160 valence electrons. The van der Waals surface area contributed by atoms with Crippen LogP contribution >= 0.6 is 11.6 Å². The van der Waals surface area contributed by atoms with Gasteiger partial charge in [0, 0.05) is 10.9 Å². The largest absolute Gasteiger partial charge is 0.460 e. The molecule has 4 nitrogen and oxygen atoms in total. The maximum absolute atomic E-state index is 12.8. The van der Waals surface area contributed by atoms with E-state index in [0.717, 1.165) is 21.9 Å². The Balaban J connectivity index is 2.14. The van der Waals surface area contributed by atoms with Crippen LogP contribution < -0.4 is 5.32 Å². The minimum atomic E-state index is -1.14. The van der Waals surface area contributed by atoms with E-state index in [0.29, 0.717) is 5.02 Å². The molecular weight excluding hydrogens is 408 g/mol. The summed E-state index contributed by atoms with van der Waals surface area (Å²) in [7, 11) is 1.75. The van der Waals surface area contributed by atoms with Crippen molar-refractivity contribution in [2.75, 3.05) is 7.05 Å². The molecule has 0 unspecified atom stereocenters. The average molecular weight is 435 g/mol. The Kier molecular flexibility index (Phi) is 6.69. The van der Waals surface area contributed by atoms with Crippen LogP contribution in [0.4, 0.5) is 0 Å². The van der Waals surface area contributed by atoms with Crippen LogP contribution in [-0.2, 0) is 15.1 Å². The molecule has 0 heterocycles. The van der Waals surface area contributed by atoms with Crippen molar-refractivity contribution >= 4 is 28.3 Å². The normalized spacial score (nSPS) is 14.5. The summed E-state index contributed by atoms with van der Waals surface area (Å²) in [5, 5.41) is 16.4. The third-order valence-electron chi connectivity index (χ3n) is 5.36. The maximum atomic E-state index is 12.8. The first-order valence-electron chi connectivity index (χ1n) is 10.3. The Morgan fingerprint density at radius 2 is 1.71 bits per heavy atom. The highest BCUT2D eigenvalue weighted by Crippen LogP contribution is 2.41. The highest BCUT2D eigenvalue weighted by atomic mass is 35.5. The first-order valence-corrected chi connectivity index (χ1v) is 10.6. The van der Waals surface area contributed by atoms with E-state index in [9.17, 15) is 10.1 Å². The number of likely N-dealkylation sites (N-methyl/N-ethyl adjacent to an activating group) is 1. The molecule has 0 aromatic heterocycles. The van der Waals surface area contributed by atoms with Crippen molar-refractivity contribution in [2.45, 2.75) is 44.2 Å². The molecule has 3 rings (SSSR count). The molecule has 3 aromatic carbocycles. The van der Waals surface area contributed by atoms with Gasteiger partial charge in [0.1, 0.15) is 11.1 Å². The molecule has 3 aromatic rings. The second kappa shape index (κ2) is 9.09. The fourth-order valence-corrected chi connectivity index (χ4v) is 4.04. The number of ether oxygens (including phenoxy) is 1. The Labute approximate surface area is 188 Å². The Hall–Kier alpha value is -2.87. The summed E-state index contributed by atoms with van der Waals surface area (Å²) >= 11 is 6.10. The van der Waals surface area contributed by atoms with Gasteiger partial charge in [-0.05, 0) is 67.9 Å². The smallest absolute Gasteiger partial charge is 0.307 e. The fourth-order valence-electron chi connectivity index (χ4n) is 3.92. The lowest BCUT2D eigenvalue weighted by Crippen LogP contribution is -2.45. The quantitative estimate of drug-likeness (QED) is 0.487. The van der Waals surface area contributed by atoms with Crippen molar-refractivity contribution in [2.24, 2.45) is 0 Å². The molecule has 0 spiro atoms. The van der Waals surface area contributed by atoms with Crippen LogP contribution in [0.3, 0.4) is 0 Å². The van der Waals surface area contributed by atoms with Crippen molar-refractivity contribution in [1.29, 1.82) is 5.26 Å². The summed E-state index contributed by atoms with van der Waals surface area (Å²) in [4.78, 5) is 12.8. The Bertz CT molecular complexity index is 1110. The van der Waals surface area contributed by atoms with Gasteiger partial charge in [0.25, 0.3) is 0 Å². The van der Waals surface area contributed by atoms with Crippen molar-refractivity contribution in [1.82, 2.24) is 5.32 Å². The monoisotopic (exact) mass is 434 g/mol. The molecule has 0 aliphatic heterocycles. The molecule has 0 radical (unpaired) electrons. The number of esters is 1. The SMILES string of the molecule is CN[C@@](C#N)(c1ccc2ccccc2c1)[C@@H](CC(=O)OC(C)(C)C)c1ccc(Cl)cc1. The Morgan fingerprint density at radius 1 is 1.06 bits per heavy atom. The number of carbonyl (C=O) groups is 1. The highest BCUT2D eigenvalue weighted by molar-refractivity contribution is 6.30. The number of nitriles is 1. The molecule has 0 saturated heterocycles. The van der Waals surface area contributed by atoms with Gasteiger partial charge < -0.3 is 4.74 Å². The molecular formula is C26H27ClN2O2. The number of halogens is 1. The molecule has 2 atom stereocenters. The summed E-state index contributed by atoms with van der Waals surface area (Å²) in [5.41, 5.74) is -0.132. The van der Waals surface area contributed by atoms with Crippen LogP contribution in [0.25, 0.3) is 10.8 Å². The number of benzene rings is 3.